The van der Waals surface area contributed by atoms with E-state index in [0.29, 0.717) is 31.2 Å². The van der Waals surface area contributed by atoms with Crippen molar-refractivity contribution in [2.45, 2.75) is 39.2 Å². The molecule has 112 valence electrons. The number of aromatic amines is 1. The minimum atomic E-state index is -0.258. The van der Waals surface area contributed by atoms with Gasteiger partial charge in [-0.3, -0.25) is 9.89 Å². The Morgan fingerprint density at radius 2 is 2.43 bits per heavy atom. The van der Waals surface area contributed by atoms with Gasteiger partial charge in [-0.25, -0.2) is 0 Å². The van der Waals surface area contributed by atoms with Crippen molar-refractivity contribution in [3.63, 3.8) is 0 Å². The summed E-state index contributed by atoms with van der Waals surface area (Å²) >= 11 is 0. The third-order valence-electron chi connectivity index (χ3n) is 3.61. The molecule has 0 atom stereocenters. The Bertz CT molecular complexity index is 630. The molecule has 0 bridgehead atoms. The van der Waals surface area contributed by atoms with Crippen molar-refractivity contribution in [2.75, 3.05) is 11.9 Å². The van der Waals surface area contributed by atoms with Crippen LogP contribution in [0.3, 0.4) is 0 Å². The van der Waals surface area contributed by atoms with Crippen LogP contribution in [0.2, 0.25) is 0 Å². The number of unbranched alkanes of at least 4 members (excludes halogenated alkanes) is 1. The lowest BCUT2D eigenvalue weighted by molar-refractivity contribution is 0.0988. The number of fused-ring (bicyclic) bond motifs is 1. The number of aromatic nitrogens is 2. The van der Waals surface area contributed by atoms with Crippen LogP contribution in [0, 0.1) is 0 Å². The van der Waals surface area contributed by atoms with E-state index >= 15 is 0 Å². The number of hydrogen-bond donors (Lipinski definition) is 2. The predicted molar refractivity (Wildman–Crippen MR) is 77.2 cm³/mol. The summed E-state index contributed by atoms with van der Waals surface area (Å²) in [5.41, 5.74) is 2.93. The third-order valence-corrected chi connectivity index (χ3v) is 3.61. The van der Waals surface area contributed by atoms with Crippen LogP contribution < -0.4 is 5.32 Å². The second-order valence-corrected chi connectivity index (χ2v) is 5.21. The Balaban J connectivity index is 1.68. The highest BCUT2D eigenvalue weighted by atomic mass is 16.5. The third kappa shape index (κ3) is 3.00. The first-order valence-electron chi connectivity index (χ1n) is 7.30. The van der Waals surface area contributed by atoms with Crippen LogP contribution in [0.15, 0.2) is 16.7 Å². The molecule has 1 amide bonds. The number of nitrogens with one attached hydrogen (secondary N) is 2. The van der Waals surface area contributed by atoms with Gasteiger partial charge in [0.1, 0.15) is 0 Å². The number of aryl methyl sites for hydroxylation is 1. The first kappa shape index (κ1) is 13.9. The maximum absolute atomic E-state index is 12.3. The van der Waals surface area contributed by atoms with Gasteiger partial charge in [0.15, 0.2) is 11.6 Å². The fourth-order valence-corrected chi connectivity index (χ4v) is 2.45. The molecule has 0 spiro atoms. The lowest BCUT2D eigenvalue weighted by Gasteiger charge is -2.11. The van der Waals surface area contributed by atoms with Gasteiger partial charge in [0.25, 0.3) is 5.91 Å². The monoisotopic (exact) mass is 289 g/mol. The molecule has 6 nitrogen and oxygen atoms in total. The van der Waals surface area contributed by atoms with Crippen LogP contribution in [-0.4, -0.2) is 22.7 Å². The van der Waals surface area contributed by atoms with E-state index in [1.54, 1.807) is 6.26 Å². The highest BCUT2D eigenvalue weighted by molar-refractivity contribution is 6.03. The Labute approximate surface area is 122 Å². The van der Waals surface area contributed by atoms with Crippen molar-refractivity contribution in [3.05, 3.63) is 34.9 Å². The molecule has 3 heterocycles. The Hall–Kier alpha value is -2.08. The fraction of sp³-hybridized carbons (Fsp3) is 0.467. The minimum absolute atomic E-state index is 0.258. The molecule has 0 saturated carbocycles. The summed E-state index contributed by atoms with van der Waals surface area (Å²) in [4.78, 5) is 12.3. The highest BCUT2D eigenvalue weighted by Crippen LogP contribution is 2.23. The van der Waals surface area contributed by atoms with Crippen LogP contribution in [0.25, 0.3) is 0 Å². The lowest BCUT2D eigenvalue weighted by atomic mass is 10.1. The number of furan rings is 1. The molecule has 21 heavy (non-hydrogen) atoms. The van der Waals surface area contributed by atoms with Gasteiger partial charge in [-0.2, -0.15) is 5.10 Å². The van der Waals surface area contributed by atoms with Crippen LogP contribution >= 0.6 is 0 Å². The molecule has 2 aromatic rings. The van der Waals surface area contributed by atoms with Gasteiger partial charge in [-0.05, 0) is 12.8 Å². The van der Waals surface area contributed by atoms with E-state index in [4.69, 9.17) is 9.15 Å². The fourth-order valence-electron chi connectivity index (χ4n) is 2.45. The second kappa shape index (κ2) is 6.13. The Kier molecular flexibility index (Phi) is 4.06. The van der Waals surface area contributed by atoms with Crippen LogP contribution in [0.1, 0.15) is 47.1 Å². The van der Waals surface area contributed by atoms with Crippen molar-refractivity contribution in [2.24, 2.45) is 0 Å². The molecule has 0 unspecified atom stereocenters. The summed E-state index contributed by atoms with van der Waals surface area (Å²) in [5.74, 6) is 0.640. The molecular weight excluding hydrogens is 270 g/mol. The summed E-state index contributed by atoms with van der Waals surface area (Å²) in [6.07, 6.45) is 5.47. The van der Waals surface area contributed by atoms with Crippen molar-refractivity contribution >= 4 is 11.7 Å². The first-order valence-corrected chi connectivity index (χ1v) is 7.30. The van der Waals surface area contributed by atoms with E-state index in [9.17, 15) is 4.79 Å². The minimum Gasteiger partial charge on any atom is -0.458 e. The lowest BCUT2D eigenvalue weighted by Crippen LogP contribution is -2.16. The molecule has 0 fully saturated rings. The molecule has 6 heteroatoms. The Morgan fingerprint density at radius 1 is 1.52 bits per heavy atom. The van der Waals surface area contributed by atoms with Crippen LogP contribution in [-0.2, 0) is 24.2 Å². The zero-order valence-electron chi connectivity index (χ0n) is 12.1. The number of hydrogen-bond acceptors (Lipinski definition) is 4. The van der Waals surface area contributed by atoms with Gasteiger partial charge >= 0.3 is 0 Å². The van der Waals surface area contributed by atoms with Gasteiger partial charge in [0.2, 0.25) is 0 Å². The van der Waals surface area contributed by atoms with Crippen molar-refractivity contribution in [3.8, 4) is 0 Å². The summed E-state index contributed by atoms with van der Waals surface area (Å²) < 4.78 is 10.7. The van der Waals surface area contributed by atoms with E-state index in [2.05, 4.69) is 22.4 Å². The van der Waals surface area contributed by atoms with Crippen LogP contribution in [0.5, 0.6) is 0 Å². The molecular formula is C15H19N3O3. The molecule has 0 radical (unpaired) electrons. The number of H-pyrrole nitrogens is 1. The molecule has 0 aromatic carbocycles. The number of carbonyl (C=O) groups is 1. The van der Waals surface area contributed by atoms with Gasteiger partial charge < -0.3 is 14.5 Å². The normalized spacial score (nSPS) is 14.0. The van der Waals surface area contributed by atoms with Gasteiger partial charge in [0, 0.05) is 29.3 Å². The average Bonchev–Trinajstić information content (AvgIpc) is 3.11. The summed E-state index contributed by atoms with van der Waals surface area (Å²) in [6.45, 7) is 3.27. The van der Waals surface area contributed by atoms with Crippen molar-refractivity contribution in [1.29, 1.82) is 0 Å². The van der Waals surface area contributed by atoms with Crippen molar-refractivity contribution < 1.29 is 13.9 Å². The maximum atomic E-state index is 12.3. The van der Waals surface area contributed by atoms with E-state index in [1.165, 1.54) is 0 Å². The largest absolute Gasteiger partial charge is 0.458 e. The highest BCUT2D eigenvalue weighted by Gasteiger charge is 2.23. The molecule has 2 N–H and O–H groups in total. The van der Waals surface area contributed by atoms with Gasteiger partial charge in [0.05, 0.1) is 19.5 Å². The number of amides is 1. The molecule has 0 aliphatic carbocycles. The standard InChI is InChI=1S/C15H19N3O3/c1-2-3-4-11-7-13(18-17-11)16-15(19)14-12-5-6-20-8-10(12)9-21-14/h7,9H,2-6,8H2,1H3,(H2,16,17,18,19). The van der Waals surface area contributed by atoms with Crippen LogP contribution in [0.4, 0.5) is 5.82 Å². The SMILES string of the molecule is CCCCc1cc(NC(=O)c2occ3c2CCOC3)n[nH]1. The second-order valence-electron chi connectivity index (χ2n) is 5.21. The maximum Gasteiger partial charge on any atom is 0.292 e. The summed E-state index contributed by atoms with van der Waals surface area (Å²) in [7, 11) is 0. The van der Waals surface area contributed by atoms with Crippen molar-refractivity contribution in [1.82, 2.24) is 10.2 Å². The van der Waals surface area contributed by atoms with E-state index < -0.39 is 0 Å². The number of carbonyl (C=O) groups excluding carboxylic acids is 1. The predicted octanol–water partition coefficient (Wildman–Crippen LogP) is 2.67. The van der Waals surface area contributed by atoms with Gasteiger partial charge in [-0.1, -0.05) is 13.3 Å². The van der Waals surface area contributed by atoms with E-state index in [1.807, 2.05) is 6.07 Å². The molecule has 2 aromatic heterocycles. The molecule has 3 rings (SSSR count). The number of rotatable bonds is 5. The molecule has 0 saturated heterocycles. The summed E-state index contributed by atoms with van der Waals surface area (Å²) in [6, 6.07) is 1.87. The van der Waals surface area contributed by atoms with E-state index in [-0.39, 0.29) is 5.91 Å². The Morgan fingerprint density at radius 3 is 3.29 bits per heavy atom. The molecule has 1 aliphatic heterocycles. The quantitative estimate of drug-likeness (QED) is 0.886. The molecule has 1 aliphatic rings. The van der Waals surface area contributed by atoms with Gasteiger partial charge in [-0.15, -0.1) is 0 Å². The average molecular weight is 289 g/mol. The zero-order chi connectivity index (χ0) is 14.7. The first-order chi connectivity index (χ1) is 10.3. The zero-order valence-corrected chi connectivity index (χ0v) is 12.1. The smallest absolute Gasteiger partial charge is 0.292 e. The number of anilines is 1. The number of nitrogens with zero attached hydrogens (tertiary/aromatic N) is 1. The van der Waals surface area contributed by atoms with E-state index in [0.717, 1.165) is 36.1 Å². The topological polar surface area (TPSA) is 80.2 Å². The number of ether oxygens (including phenoxy) is 1. The summed E-state index contributed by atoms with van der Waals surface area (Å²) in [5, 5.41) is 9.82.